The summed E-state index contributed by atoms with van der Waals surface area (Å²) >= 11 is 0. The van der Waals surface area contributed by atoms with E-state index >= 15 is 0 Å². The summed E-state index contributed by atoms with van der Waals surface area (Å²) in [5.74, 6) is 0. The van der Waals surface area contributed by atoms with Gasteiger partial charge < -0.3 is 10.7 Å². The second-order valence-electron chi connectivity index (χ2n) is 5.09. The van der Waals surface area contributed by atoms with E-state index in [1.165, 1.54) is 5.57 Å². The average molecular weight is 258 g/mol. The van der Waals surface area contributed by atoms with Crippen LogP contribution in [0.3, 0.4) is 0 Å². The van der Waals surface area contributed by atoms with Gasteiger partial charge >= 0.3 is 0 Å². The molecule has 3 rings (SSSR count). The topological polar surface area (TPSA) is 90.5 Å². The highest BCUT2D eigenvalue weighted by molar-refractivity contribution is 5.59. The van der Waals surface area contributed by atoms with Crippen molar-refractivity contribution in [2.45, 2.75) is 33.2 Å². The molecule has 0 radical (unpaired) electrons. The normalized spacial score (nSPS) is 15.3. The molecule has 0 unspecified atom stereocenters. The summed E-state index contributed by atoms with van der Waals surface area (Å²) < 4.78 is 0. The molecule has 0 saturated heterocycles. The first-order chi connectivity index (χ1) is 9.11. The fourth-order valence-corrected chi connectivity index (χ4v) is 2.51. The Morgan fingerprint density at radius 2 is 2.00 bits per heavy atom. The largest absolute Gasteiger partial charge is 0.359 e. The minimum atomic E-state index is -0.0737. The molecule has 100 valence electrons. The first kappa shape index (κ1) is 12.0. The van der Waals surface area contributed by atoms with Crippen LogP contribution in [0, 0.1) is 13.8 Å². The van der Waals surface area contributed by atoms with Gasteiger partial charge in [-0.05, 0) is 49.5 Å². The zero-order valence-corrected chi connectivity index (χ0v) is 11.2. The molecule has 2 aromatic rings. The van der Waals surface area contributed by atoms with Gasteiger partial charge in [0.1, 0.15) is 0 Å². The van der Waals surface area contributed by atoms with Crippen molar-refractivity contribution in [2.75, 3.05) is 0 Å². The Morgan fingerprint density at radius 3 is 2.58 bits per heavy atom. The molecule has 1 aliphatic rings. The molecule has 0 aromatic carbocycles. The zero-order valence-electron chi connectivity index (χ0n) is 11.2. The number of rotatable bonds is 2. The molecule has 5 N–H and O–H groups in total. The molecule has 5 nitrogen and oxygen atoms in total. The van der Waals surface area contributed by atoms with Crippen LogP contribution in [-0.2, 0) is 6.54 Å². The van der Waals surface area contributed by atoms with Gasteiger partial charge in [0.2, 0.25) is 0 Å². The minimum absolute atomic E-state index is 0.0737. The second-order valence-corrected chi connectivity index (χ2v) is 5.09. The van der Waals surface area contributed by atoms with Crippen molar-refractivity contribution < 1.29 is 0 Å². The van der Waals surface area contributed by atoms with E-state index in [1.54, 1.807) is 0 Å². The number of H-pyrrole nitrogens is 3. The molecular formula is C14H18N4O. The summed E-state index contributed by atoms with van der Waals surface area (Å²) in [5, 5.41) is 7.29. The van der Waals surface area contributed by atoms with Gasteiger partial charge in [0.05, 0.1) is 10.6 Å². The van der Waals surface area contributed by atoms with Crippen molar-refractivity contribution >= 4 is 11.6 Å². The number of aromatic nitrogens is 3. The summed E-state index contributed by atoms with van der Waals surface area (Å²) in [4.78, 5) is 15.2. The fourth-order valence-electron chi connectivity index (χ4n) is 2.51. The number of hydrogen-bond acceptors (Lipinski definition) is 2. The molecular weight excluding hydrogens is 240 g/mol. The average Bonchev–Trinajstić information content (AvgIpc) is 3.10. The number of nitrogens with one attached hydrogen (secondary N) is 3. The van der Waals surface area contributed by atoms with Crippen LogP contribution in [0.1, 0.15) is 35.4 Å². The van der Waals surface area contributed by atoms with Gasteiger partial charge in [0.15, 0.2) is 0 Å². The smallest absolute Gasteiger partial charge is 0.271 e. The third-order valence-corrected chi connectivity index (χ3v) is 3.79. The van der Waals surface area contributed by atoms with Crippen LogP contribution in [0.2, 0.25) is 0 Å². The Labute approximate surface area is 110 Å². The molecule has 0 spiro atoms. The molecule has 1 aliphatic carbocycles. The molecule has 2 heterocycles. The Bertz CT molecular complexity index is 798. The lowest BCUT2D eigenvalue weighted by Crippen LogP contribution is -2.33. The summed E-state index contributed by atoms with van der Waals surface area (Å²) in [5.41, 5.74) is 11.3. The maximum Gasteiger partial charge on any atom is 0.271 e. The van der Waals surface area contributed by atoms with Crippen molar-refractivity contribution in [1.29, 1.82) is 0 Å². The first-order valence-electron chi connectivity index (χ1n) is 6.50. The standard InChI is InChI=1S/C14H18N4O/c1-7-11(6-15)8(2)16-12(7)5-10-13(9-3-4-9)17-18-14(10)19/h5,16-17H,3-4,6,15H2,1-2H3,(H,18,19). The Kier molecular flexibility index (Phi) is 2.71. The van der Waals surface area contributed by atoms with E-state index in [4.69, 9.17) is 5.73 Å². The molecule has 5 heteroatoms. The van der Waals surface area contributed by atoms with Crippen LogP contribution in [0.15, 0.2) is 4.79 Å². The lowest BCUT2D eigenvalue weighted by Gasteiger charge is -1.95. The summed E-state index contributed by atoms with van der Waals surface area (Å²) in [7, 11) is 0. The number of aromatic amines is 3. The Morgan fingerprint density at radius 1 is 1.26 bits per heavy atom. The monoisotopic (exact) mass is 258 g/mol. The molecule has 0 bridgehead atoms. The predicted octanol–water partition coefficient (Wildman–Crippen LogP) is -0.120. The van der Waals surface area contributed by atoms with Gasteiger partial charge in [-0.3, -0.25) is 15.0 Å². The number of aryl methyl sites for hydroxylation is 1. The highest BCUT2D eigenvalue weighted by Crippen LogP contribution is 2.26. The molecule has 0 atom stereocenters. The van der Waals surface area contributed by atoms with Crippen molar-refractivity contribution in [2.24, 2.45) is 5.73 Å². The third kappa shape index (κ3) is 1.96. The van der Waals surface area contributed by atoms with Gasteiger partial charge in [0.25, 0.3) is 5.56 Å². The minimum Gasteiger partial charge on any atom is -0.359 e. The van der Waals surface area contributed by atoms with Crippen molar-refractivity contribution in [3.05, 3.63) is 43.4 Å². The van der Waals surface area contributed by atoms with E-state index < -0.39 is 0 Å². The SMILES string of the molecule is Cc1[nH]c(C=c2c(=O)[nH][nH]c2=C2CC2)c(C)c1CN. The fraction of sp³-hybridized carbons (Fsp3) is 0.357. The van der Waals surface area contributed by atoms with Crippen LogP contribution in [0.5, 0.6) is 0 Å². The molecule has 2 aromatic heterocycles. The second kappa shape index (κ2) is 4.28. The zero-order chi connectivity index (χ0) is 13.6. The van der Waals surface area contributed by atoms with Gasteiger partial charge in [-0.2, -0.15) is 0 Å². The van der Waals surface area contributed by atoms with E-state index in [2.05, 4.69) is 15.2 Å². The predicted molar refractivity (Wildman–Crippen MR) is 75.0 cm³/mol. The van der Waals surface area contributed by atoms with E-state index in [9.17, 15) is 4.79 Å². The quantitative estimate of drug-likeness (QED) is 0.605. The van der Waals surface area contributed by atoms with Gasteiger partial charge in [-0.1, -0.05) is 0 Å². The van der Waals surface area contributed by atoms with Gasteiger partial charge in [0, 0.05) is 17.9 Å². The molecule has 1 fully saturated rings. The van der Waals surface area contributed by atoms with E-state index in [1.807, 2.05) is 19.9 Å². The summed E-state index contributed by atoms with van der Waals surface area (Å²) in [6, 6.07) is 0. The van der Waals surface area contributed by atoms with Gasteiger partial charge in [-0.25, -0.2) is 0 Å². The number of nitrogens with two attached hydrogens (primary N) is 1. The summed E-state index contributed by atoms with van der Waals surface area (Å²) in [6.07, 6.45) is 4.06. The summed E-state index contributed by atoms with van der Waals surface area (Å²) in [6.45, 7) is 4.54. The van der Waals surface area contributed by atoms with Crippen LogP contribution < -0.4 is 21.9 Å². The molecule has 0 amide bonds. The Balaban J connectivity index is 2.26. The van der Waals surface area contributed by atoms with E-state index in [-0.39, 0.29) is 5.56 Å². The Hall–Kier alpha value is -2.01. The van der Waals surface area contributed by atoms with Crippen molar-refractivity contribution in [3.63, 3.8) is 0 Å². The maximum absolute atomic E-state index is 11.9. The first-order valence-corrected chi connectivity index (χ1v) is 6.50. The third-order valence-electron chi connectivity index (χ3n) is 3.79. The highest BCUT2D eigenvalue weighted by atomic mass is 16.1. The maximum atomic E-state index is 11.9. The number of hydrogen-bond donors (Lipinski definition) is 4. The van der Waals surface area contributed by atoms with Crippen LogP contribution in [0.4, 0.5) is 0 Å². The van der Waals surface area contributed by atoms with Crippen molar-refractivity contribution in [1.82, 2.24) is 15.2 Å². The van der Waals surface area contributed by atoms with Crippen molar-refractivity contribution in [3.8, 4) is 0 Å². The molecule has 0 aliphatic heterocycles. The molecule has 19 heavy (non-hydrogen) atoms. The van der Waals surface area contributed by atoms with Gasteiger partial charge in [-0.15, -0.1) is 0 Å². The highest BCUT2D eigenvalue weighted by Gasteiger charge is 2.15. The lowest BCUT2D eigenvalue weighted by atomic mass is 10.1. The van der Waals surface area contributed by atoms with E-state index in [0.29, 0.717) is 11.8 Å². The van der Waals surface area contributed by atoms with Crippen LogP contribution in [-0.4, -0.2) is 15.2 Å². The lowest BCUT2D eigenvalue weighted by molar-refractivity contribution is 1.03. The van der Waals surface area contributed by atoms with E-state index in [0.717, 1.165) is 40.7 Å². The van der Waals surface area contributed by atoms with Crippen LogP contribution in [0.25, 0.3) is 11.6 Å². The molecule has 1 saturated carbocycles. The van der Waals surface area contributed by atoms with Crippen LogP contribution >= 0.6 is 0 Å².